The first-order chi connectivity index (χ1) is 6.74. The first-order valence-electron chi connectivity index (χ1n) is 5.03. The van der Waals surface area contributed by atoms with E-state index in [4.69, 9.17) is 4.74 Å². The summed E-state index contributed by atoms with van der Waals surface area (Å²) >= 11 is 0. The lowest BCUT2D eigenvalue weighted by Crippen LogP contribution is -2.29. The second-order valence-corrected chi connectivity index (χ2v) is 3.57. The Morgan fingerprint density at radius 1 is 1.36 bits per heavy atom. The summed E-state index contributed by atoms with van der Waals surface area (Å²) in [5.41, 5.74) is 0. The molecule has 0 amide bonds. The third-order valence-electron chi connectivity index (χ3n) is 2.43. The highest BCUT2D eigenvalue weighted by atomic mass is 16.6. The first kappa shape index (κ1) is 11.0. The van der Waals surface area contributed by atoms with Crippen molar-refractivity contribution in [3.63, 3.8) is 0 Å². The molecule has 0 heterocycles. The SMILES string of the molecule is CC(OC=O)C(=O)OC1CCCCC1. The minimum absolute atomic E-state index is 0.0222. The fourth-order valence-corrected chi connectivity index (χ4v) is 1.58. The second-order valence-electron chi connectivity index (χ2n) is 3.57. The summed E-state index contributed by atoms with van der Waals surface area (Å²) in [6, 6.07) is 0. The van der Waals surface area contributed by atoms with Crippen LogP contribution in [0.15, 0.2) is 0 Å². The predicted octanol–water partition coefficient (Wildman–Crippen LogP) is 1.42. The van der Waals surface area contributed by atoms with Gasteiger partial charge < -0.3 is 9.47 Å². The van der Waals surface area contributed by atoms with Crippen molar-refractivity contribution in [3.05, 3.63) is 0 Å². The molecule has 1 atom stereocenters. The summed E-state index contributed by atoms with van der Waals surface area (Å²) < 4.78 is 9.67. The highest BCUT2D eigenvalue weighted by Gasteiger charge is 2.22. The van der Waals surface area contributed by atoms with E-state index in [1.165, 1.54) is 13.3 Å². The number of ether oxygens (including phenoxy) is 2. The summed E-state index contributed by atoms with van der Waals surface area (Å²) in [5.74, 6) is -0.441. The van der Waals surface area contributed by atoms with E-state index < -0.39 is 12.1 Å². The number of hydrogen-bond donors (Lipinski definition) is 0. The van der Waals surface area contributed by atoms with Crippen molar-refractivity contribution in [2.45, 2.75) is 51.2 Å². The molecule has 1 rings (SSSR count). The van der Waals surface area contributed by atoms with E-state index in [-0.39, 0.29) is 12.6 Å². The van der Waals surface area contributed by atoms with Gasteiger partial charge in [0.2, 0.25) is 0 Å². The van der Waals surface area contributed by atoms with Crippen LogP contribution in [0.5, 0.6) is 0 Å². The van der Waals surface area contributed by atoms with Gasteiger partial charge in [0.25, 0.3) is 6.47 Å². The standard InChI is InChI=1S/C10H16O4/c1-8(13-7-11)10(12)14-9-5-3-2-4-6-9/h7-9H,2-6H2,1H3. The van der Waals surface area contributed by atoms with Crippen LogP contribution < -0.4 is 0 Å². The Hall–Kier alpha value is -1.06. The topological polar surface area (TPSA) is 52.6 Å². The van der Waals surface area contributed by atoms with Gasteiger partial charge in [-0.15, -0.1) is 0 Å². The predicted molar refractivity (Wildman–Crippen MR) is 49.6 cm³/mol. The van der Waals surface area contributed by atoms with Crippen LogP contribution in [0.1, 0.15) is 39.0 Å². The van der Waals surface area contributed by atoms with E-state index in [1.807, 2.05) is 0 Å². The van der Waals surface area contributed by atoms with Gasteiger partial charge in [-0.05, 0) is 32.6 Å². The molecule has 4 heteroatoms. The number of esters is 1. The van der Waals surface area contributed by atoms with Crippen LogP contribution in [-0.4, -0.2) is 24.6 Å². The summed E-state index contributed by atoms with van der Waals surface area (Å²) in [6.45, 7) is 1.78. The van der Waals surface area contributed by atoms with E-state index in [0.717, 1.165) is 25.7 Å². The molecule has 0 saturated heterocycles. The molecule has 0 aliphatic heterocycles. The van der Waals surface area contributed by atoms with Crippen molar-refractivity contribution >= 4 is 12.4 Å². The fraction of sp³-hybridized carbons (Fsp3) is 0.800. The molecule has 0 aromatic rings. The Kier molecular flexibility index (Phi) is 4.43. The van der Waals surface area contributed by atoms with Gasteiger partial charge in [0, 0.05) is 0 Å². The minimum Gasteiger partial charge on any atom is -0.460 e. The molecule has 1 aliphatic rings. The van der Waals surface area contributed by atoms with Gasteiger partial charge in [0.1, 0.15) is 6.10 Å². The molecule has 1 saturated carbocycles. The highest BCUT2D eigenvalue weighted by Crippen LogP contribution is 2.20. The Bertz CT molecular complexity index is 196. The van der Waals surface area contributed by atoms with Gasteiger partial charge in [-0.2, -0.15) is 0 Å². The number of carbonyl (C=O) groups excluding carboxylic acids is 2. The third kappa shape index (κ3) is 3.36. The van der Waals surface area contributed by atoms with Gasteiger partial charge >= 0.3 is 5.97 Å². The van der Waals surface area contributed by atoms with E-state index >= 15 is 0 Å². The number of hydrogen-bond acceptors (Lipinski definition) is 4. The summed E-state index contributed by atoms with van der Waals surface area (Å²) in [5, 5.41) is 0. The molecule has 0 aromatic carbocycles. The maximum atomic E-state index is 11.3. The lowest BCUT2D eigenvalue weighted by Gasteiger charge is -2.22. The summed E-state index contributed by atoms with van der Waals surface area (Å²) in [4.78, 5) is 21.3. The van der Waals surface area contributed by atoms with Crippen LogP contribution in [0.25, 0.3) is 0 Å². The molecule has 1 unspecified atom stereocenters. The van der Waals surface area contributed by atoms with Crippen molar-refractivity contribution in [2.75, 3.05) is 0 Å². The average molecular weight is 200 g/mol. The Morgan fingerprint density at radius 2 is 2.00 bits per heavy atom. The zero-order chi connectivity index (χ0) is 10.4. The van der Waals surface area contributed by atoms with Crippen LogP contribution in [0.4, 0.5) is 0 Å². The van der Waals surface area contributed by atoms with Crippen LogP contribution in [0.3, 0.4) is 0 Å². The van der Waals surface area contributed by atoms with Gasteiger partial charge in [-0.25, -0.2) is 4.79 Å². The van der Waals surface area contributed by atoms with Gasteiger partial charge in [0.15, 0.2) is 6.10 Å². The van der Waals surface area contributed by atoms with E-state index in [0.29, 0.717) is 0 Å². The van der Waals surface area contributed by atoms with Crippen LogP contribution in [-0.2, 0) is 19.1 Å². The van der Waals surface area contributed by atoms with E-state index in [1.54, 1.807) is 0 Å². The highest BCUT2D eigenvalue weighted by molar-refractivity contribution is 5.75. The van der Waals surface area contributed by atoms with Crippen LogP contribution in [0.2, 0.25) is 0 Å². The van der Waals surface area contributed by atoms with Crippen molar-refractivity contribution in [2.24, 2.45) is 0 Å². The van der Waals surface area contributed by atoms with E-state index in [9.17, 15) is 9.59 Å². The molecule has 1 fully saturated rings. The van der Waals surface area contributed by atoms with Gasteiger partial charge in [-0.3, -0.25) is 4.79 Å². The lowest BCUT2D eigenvalue weighted by atomic mass is 9.98. The van der Waals surface area contributed by atoms with Gasteiger partial charge in [-0.1, -0.05) is 6.42 Å². The monoisotopic (exact) mass is 200 g/mol. The Morgan fingerprint density at radius 3 is 2.57 bits per heavy atom. The maximum absolute atomic E-state index is 11.3. The molecule has 0 radical (unpaired) electrons. The molecule has 4 nitrogen and oxygen atoms in total. The average Bonchev–Trinajstić information content (AvgIpc) is 2.19. The van der Waals surface area contributed by atoms with Crippen LogP contribution in [0, 0.1) is 0 Å². The van der Waals surface area contributed by atoms with E-state index in [2.05, 4.69) is 4.74 Å². The quantitative estimate of drug-likeness (QED) is 0.508. The van der Waals surface area contributed by atoms with Crippen molar-refractivity contribution in [1.29, 1.82) is 0 Å². The molecule has 0 spiro atoms. The van der Waals surface area contributed by atoms with Crippen molar-refractivity contribution < 1.29 is 19.1 Å². The molecular weight excluding hydrogens is 184 g/mol. The smallest absolute Gasteiger partial charge is 0.347 e. The Labute approximate surface area is 83.6 Å². The number of rotatable bonds is 4. The maximum Gasteiger partial charge on any atom is 0.347 e. The molecule has 80 valence electrons. The number of carbonyl (C=O) groups is 2. The fourth-order valence-electron chi connectivity index (χ4n) is 1.58. The largest absolute Gasteiger partial charge is 0.460 e. The third-order valence-corrected chi connectivity index (χ3v) is 2.43. The zero-order valence-electron chi connectivity index (χ0n) is 8.40. The van der Waals surface area contributed by atoms with Crippen molar-refractivity contribution in [3.8, 4) is 0 Å². The first-order valence-corrected chi connectivity index (χ1v) is 5.03. The van der Waals surface area contributed by atoms with Crippen molar-refractivity contribution in [1.82, 2.24) is 0 Å². The zero-order valence-corrected chi connectivity index (χ0v) is 8.40. The van der Waals surface area contributed by atoms with Gasteiger partial charge in [0.05, 0.1) is 0 Å². The lowest BCUT2D eigenvalue weighted by molar-refractivity contribution is -0.165. The minimum atomic E-state index is -0.783. The molecule has 0 N–H and O–H groups in total. The summed E-state index contributed by atoms with van der Waals surface area (Å²) in [7, 11) is 0. The second kappa shape index (κ2) is 5.62. The normalized spacial score (nSPS) is 19.8. The molecule has 1 aliphatic carbocycles. The Balaban J connectivity index is 2.27. The molecule has 0 bridgehead atoms. The molecule has 0 aromatic heterocycles. The summed E-state index contributed by atoms with van der Waals surface area (Å²) in [6.07, 6.45) is 4.54. The molecule has 14 heavy (non-hydrogen) atoms. The molecular formula is C10H16O4. The van der Waals surface area contributed by atoms with Crippen LogP contribution >= 0.6 is 0 Å².